The molecule has 1 saturated heterocycles. The van der Waals surface area contributed by atoms with Crippen molar-refractivity contribution in [2.45, 2.75) is 25.4 Å². The summed E-state index contributed by atoms with van der Waals surface area (Å²) in [5.41, 5.74) is -0.707. The number of ether oxygens (including phenoxy) is 4. The van der Waals surface area contributed by atoms with Crippen LogP contribution in [0.25, 0.3) is 5.57 Å². The van der Waals surface area contributed by atoms with Crippen molar-refractivity contribution < 1.29 is 33.4 Å². The fourth-order valence-electron chi connectivity index (χ4n) is 3.46. The van der Waals surface area contributed by atoms with Crippen LogP contribution in [0.4, 0.5) is 4.79 Å². The summed E-state index contributed by atoms with van der Waals surface area (Å²) in [6, 6.07) is 4.99. The largest absolute Gasteiger partial charge is 0.513 e. The monoisotopic (exact) mass is 411 g/mol. The third kappa shape index (κ3) is 3.67. The van der Waals surface area contributed by atoms with Gasteiger partial charge in [0.25, 0.3) is 0 Å². The van der Waals surface area contributed by atoms with Crippen molar-refractivity contribution in [2.24, 2.45) is 0 Å². The number of nitrogens with zero attached hydrogens (tertiary/aromatic N) is 1. The highest BCUT2D eigenvalue weighted by molar-refractivity contribution is 6.35. The Balaban J connectivity index is 2.12. The van der Waals surface area contributed by atoms with E-state index in [1.807, 2.05) is 0 Å². The van der Waals surface area contributed by atoms with Crippen LogP contribution in [0.5, 0.6) is 5.75 Å². The Morgan fingerprint density at radius 1 is 1.29 bits per heavy atom. The van der Waals surface area contributed by atoms with E-state index >= 15 is 0 Å². The average Bonchev–Trinajstić information content (AvgIpc) is 2.93. The number of halogens is 1. The third-order valence-electron chi connectivity index (χ3n) is 4.81. The van der Waals surface area contributed by atoms with Gasteiger partial charge in [0.05, 0.1) is 31.4 Å². The summed E-state index contributed by atoms with van der Waals surface area (Å²) in [4.78, 5) is 30.3. The van der Waals surface area contributed by atoms with Crippen LogP contribution in [0.2, 0.25) is 5.02 Å². The van der Waals surface area contributed by atoms with Gasteiger partial charge < -0.3 is 23.8 Å². The van der Waals surface area contributed by atoms with Crippen LogP contribution >= 0.6 is 11.6 Å². The van der Waals surface area contributed by atoms with Gasteiger partial charge in [0.2, 0.25) is 0 Å². The van der Waals surface area contributed by atoms with Gasteiger partial charge in [-0.25, -0.2) is 9.59 Å². The lowest BCUT2D eigenvalue weighted by molar-refractivity contribution is -0.183. The number of carbonyl (C=O) groups excluding carboxylic acids is 2. The Hall–Kier alpha value is -2.29. The minimum Gasteiger partial charge on any atom is -0.496 e. The molecule has 0 unspecified atom stereocenters. The van der Waals surface area contributed by atoms with Crippen LogP contribution in [-0.4, -0.2) is 56.7 Å². The first-order valence-corrected chi connectivity index (χ1v) is 9.28. The van der Waals surface area contributed by atoms with E-state index in [0.717, 1.165) is 0 Å². The summed E-state index contributed by atoms with van der Waals surface area (Å²) in [5.74, 6) is -0.162. The number of hydrogen-bond acceptors (Lipinski definition) is 8. The van der Waals surface area contributed by atoms with Gasteiger partial charge in [-0.15, -0.1) is 0 Å². The summed E-state index contributed by atoms with van der Waals surface area (Å²) in [6.07, 6.45) is -0.136. The third-order valence-corrected chi connectivity index (χ3v) is 5.13. The highest BCUT2D eigenvalue weighted by Gasteiger charge is 2.53. The molecule has 3 rings (SSSR count). The van der Waals surface area contributed by atoms with Crippen molar-refractivity contribution in [1.82, 2.24) is 5.06 Å². The second-order valence-corrected chi connectivity index (χ2v) is 6.71. The Kier molecular flexibility index (Phi) is 6.12. The average molecular weight is 412 g/mol. The normalized spacial score (nSPS) is 18.9. The first-order chi connectivity index (χ1) is 13.5. The zero-order valence-electron chi connectivity index (χ0n) is 16.0. The van der Waals surface area contributed by atoms with Crippen LogP contribution in [0.1, 0.15) is 25.3 Å². The van der Waals surface area contributed by atoms with Crippen molar-refractivity contribution in [3.63, 3.8) is 0 Å². The topological polar surface area (TPSA) is 83.5 Å². The van der Waals surface area contributed by atoms with Crippen molar-refractivity contribution in [3.05, 3.63) is 34.5 Å². The number of hydrogen-bond donors (Lipinski definition) is 0. The van der Waals surface area contributed by atoms with Gasteiger partial charge in [-0.3, -0.25) is 0 Å². The van der Waals surface area contributed by atoms with Crippen molar-refractivity contribution in [3.8, 4) is 5.75 Å². The molecule has 0 radical (unpaired) electrons. The summed E-state index contributed by atoms with van der Waals surface area (Å²) in [7, 11) is 3.04. The number of piperidine rings is 1. The van der Waals surface area contributed by atoms with Crippen LogP contribution < -0.4 is 4.74 Å². The first kappa shape index (κ1) is 20.4. The molecule has 0 atom stereocenters. The second kappa shape index (κ2) is 8.38. The molecular weight excluding hydrogens is 390 g/mol. The fraction of sp³-hybridized carbons (Fsp3) is 0.474. The molecule has 0 amide bonds. The zero-order valence-corrected chi connectivity index (χ0v) is 16.7. The molecule has 1 spiro atoms. The maximum absolute atomic E-state index is 12.9. The molecule has 0 saturated carbocycles. The molecule has 1 aromatic carbocycles. The summed E-state index contributed by atoms with van der Waals surface area (Å²) >= 11 is 6.37. The lowest BCUT2D eigenvalue weighted by Crippen LogP contribution is -2.46. The molecule has 9 heteroatoms. The van der Waals surface area contributed by atoms with E-state index in [4.69, 9.17) is 35.4 Å². The van der Waals surface area contributed by atoms with Gasteiger partial charge in [-0.2, -0.15) is 5.06 Å². The molecule has 28 heavy (non-hydrogen) atoms. The number of carbonyl (C=O) groups is 2. The fourth-order valence-corrected chi connectivity index (χ4v) is 3.72. The second-order valence-electron chi connectivity index (χ2n) is 6.30. The lowest BCUT2D eigenvalue weighted by atomic mass is 9.88. The molecule has 1 aromatic rings. The first-order valence-electron chi connectivity index (χ1n) is 8.90. The highest BCUT2D eigenvalue weighted by atomic mass is 35.5. The van der Waals surface area contributed by atoms with E-state index in [-0.39, 0.29) is 23.0 Å². The predicted octanol–water partition coefficient (Wildman–Crippen LogP) is 3.19. The molecular formula is C19H22ClNO7. The van der Waals surface area contributed by atoms with E-state index in [2.05, 4.69) is 0 Å². The molecule has 2 heterocycles. The predicted molar refractivity (Wildman–Crippen MR) is 99.7 cm³/mol. The molecule has 1 fully saturated rings. The van der Waals surface area contributed by atoms with Crippen molar-refractivity contribution in [2.75, 3.05) is 33.9 Å². The van der Waals surface area contributed by atoms with E-state index in [0.29, 0.717) is 37.2 Å². The highest BCUT2D eigenvalue weighted by Crippen LogP contribution is 2.48. The SMILES string of the molecule is CCOC(=O)OC1=C(c2c(Cl)cccc2OC)C(=O)OC12CCN(OC)CC2. The van der Waals surface area contributed by atoms with E-state index in [1.165, 1.54) is 7.11 Å². The van der Waals surface area contributed by atoms with Gasteiger partial charge in [0.1, 0.15) is 11.3 Å². The Bertz CT molecular complexity index is 799. The molecule has 8 nitrogen and oxygen atoms in total. The molecule has 152 valence electrons. The maximum Gasteiger partial charge on any atom is 0.513 e. The van der Waals surface area contributed by atoms with E-state index in [9.17, 15) is 9.59 Å². The standard InChI is InChI=1S/C19H22ClNO7/c1-4-26-18(23)27-16-15(14-12(20)6-5-7-13(14)24-2)17(22)28-19(16)8-10-21(25-3)11-9-19/h5-7H,4,8-11H2,1-3H3. The molecule has 0 N–H and O–H groups in total. The Labute approximate surface area is 167 Å². The molecule has 2 aliphatic heterocycles. The van der Waals surface area contributed by atoms with Gasteiger partial charge >= 0.3 is 12.1 Å². The maximum atomic E-state index is 12.9. The lowest BCUT2D eigenvalue weighted by Gasteiger charge is -2.37. The summed E-state index contributed by atoms with van der Waals surface area (Å²) in [5, 5.41) is 2.03. The van der Waals surface area contributed by atoms with Crippen LogP contribution in [0, 0.1) is 0 Å². The number of rotatable bonds is 5. The molecule has 2 aliphatic rings. The van der Waals surface area contributed by atoms with E-state index < -0.39 is 17.7 Å². The number of esters is 1. The summed E-state index contributed by atoms with van der Waals surface area (Å²) < 4.78 is 21.6. The Morgan fingerprint density at radius 2 is 2.00 bits per heavy atom. The van der Waals surface area contributed by atoms with Gasteiger partial charge in [0.15, 0.2) is 11.4 Å². The number of methoxy groups -OCH3 is 1. The van der Waals surface area contributed by atoms with Crippen molar-refractivity contribution in [1.29, 1.82) is 0 Å². The van der Waals surface area contributed by atoms with Crippen LogP contribution in [-0.2, 0) is 23.8 Å². The number of benzene rings is 1. The van der Waals surface area contributed by atoms with Gasteiger partial charge in [0, 0.05) is 25.9 Å². The van der Waals surface area contributed by atoms with Crippen LogP contribution in [0.3, 0.4) is 0 Å². The zero-order chi connectivity index (χ0) is 20.3. The Morgan fingerprint density at radius 3 is 2.61 bits per heavy atom. The molecule has 0 aromatic heterocycles. The number of hydroxylamine groups is 2. The molecule has 0 bridgehead atoms. The van der Waals surface area contributed by atoms with Gasteiger partial charge in [-0.1, -0.05) is 17.7 Å². The summed E-state index contributed by atoms with van der Waals surface area (Å²) in [6.45, 7) is 2.78. The molecule has 0 aliphatic carbocycles. The minimum atomic E-state index is -1.10. The minimum absolute atomic E-state index is 0.0707. The van der Waals surface area contributed by atoms with Crippen LogP contribution in [0.15, 0.2) is 24.0 Å². The van der Waals surface area contributed by atoms with Gasteiger partial charge in [-0.05, 0) is 19.1 Å². The smallest absolute Gasteiger partial charge is 0.496 e. The quantitative estimate of drug-likeness (QED) is 0.683. The van der Waals surface area contributed by atoms with Crippen molar-refractivity contribution >= 4 is 29.3 Å². The van der Waals surface area contributed by atoms with E-state index in [1.54, 1.807) is 37.3 Å².